The second-order valence-corrected chi connectivity index (χ2v) is 10.5. The summed E-state index contributed by atoms with van der Waals surface area (Å²) < 4.78 is 22.0. The van der Waals surface area contributed by atoms with Crippen molar-refractivity contribution in [2.45, 2.75) is 126 Å². The summed E-state index contributed by atoms with van der Waals surface area (Å²) in [4.78, 5) is 12.1. The second kappa shape index (κ2) is 19.0. The van der Waals surface area contributed by atoms with Crippen LogP contribution in [0.1, 0.15) is 52.4 Å². The summed E-state index contributed by atoms with van der Waals surface area (Å²) in [5, 5.41) is 84.3. The van der Waals surface area contributed by atoms with Gasteiger partial charge >= 0.3 is 0 Å². The van der Waals surface area contributed by atoms with Crippen LogP contribution in [-0.2, 0) is 23.7 Å². The lowest BCUT2D eigenvalue weighted by Crippen LogP contribution is -2.65. The first-order valence-electron chi connectivity index (χ1n) is 14.6. The third kappa shape index (κ3) is 10.6. The Morgan fingerprint density at radius 2 is 1.45 bits per heavy atom. The summed E-state index contributed by atoms with van der Waals surface area (Å²) in [7, 11) is 0. The minimum absolute atomic E-state index is 0.153. The van der Waals surface area contributed by atoms with Crippen LogP contribution in [-0.4, -0.2) is 140 Å². The predicted molar refractivity (Wildman–Crippen MR) is 148 cm³/mol. The van der Waals surface area contributed by atoms with Crippen molar-refractivity contribution in [3.63, 3.8) is 0 Å². The summed E-state index contributed by atoms with van der Waals surface area (Å²) >= 11 is 0. The Kier molecular flexibility index (Phi) is 16.6. The van der Waals surface area contributed by atoms with Gasteiger partial charge in [-0.25, -0.2) is 0 Å². The molecule has 14 nitrogen and oxygen atoms in total. The Bertz CT molecular complexity index is 826. The molecule has 0 bridgehead atoms. The molecular formula is C28H49NO13. The summed E-state index contributed by atoms with van der Waals surface area (Å²) in [5.74, 6) is -0.346. The number of unbranched alkanes of at least 4 members (excludes halogenated alkanes) is 3. The van der Waals surface area contributed by atoms with E-state index in [9.17, 15) is 45.6 Å². The molecule has 12 unspecified atom stereocenters. The Hall–Kier alpha value is -1.53. The molecule has 2 aliphatic rings. The van der Waals surface area contributed by atoms with Gasteiger partial charge in [0.25, 0.3) is 0 Å². The van der Waals surface area contributed by atoms with Crippen LogP contribution in [0.5, 0.6) is 0 Å². The lowest BCUT2D eigenvalue weighted by atomic mass is 9.97. The average molecular weight is 608 g/mol. The minimum Gasteiger partial charge on any atom is -0.394 e. The number of amides is 1. The summed E-state index contributed by atoms with van der Waals surface area (Å²) in [5.41, 5.74) is 0. The number of aliphatic hydroxyl groups excluding tert-OH is 8. The number of nitrogens with one attached hydrogen (secondary N) is 1. The molecule has 1 amide bonds. The summed E-state index contributed by atoms with van der Waals surface area (Å²) in [6, 6.07) is -0.919. The van der Waals surface area contributed by atoms with Gasteiger partial charge in [0.15, 0.2) is 12.6 Å². The fraction of sp³-hybridized carbons (Fsp3) is 0.821. The molecule has 0 aliphatic carbocycles. The number of ether oxygens (including phenoxy) is 4. The van der Waals surface area contributed by atoms with Crippen LogP contribution in [0.25, 0.3) is 0 Å². The molecular weight excluding hydrogens is 558 g/mol. The van der Waals surface area contributed by atoms with Crippen LogP contribution >= 0.6 is 0 Å². The van der Waals surface area contributed by atoms with Gasteiger partial charge in [-0.05, 0) is 19.3 Å². The van der Waals surface area contributed by atoms with Crippen LogP contribution in [0.15, 0.2) is 24.3 Å². The fourth-order valence-corrected chi connectivity index (χ4v) is 4.55. The Labute approximate surface area is 246 Å². The number of hydrogen-bond donors (Lipinski definition) is 9. The first-order valence-corrected chi connectivity index (χ1v) is 14.6. The standard InChI is InChI=1S/C28H49NO13/c1-3-5-6-7-8-9-10-11-12-17(32)16(29-20(33)4-2)15-39-27-25(38)23(36)26(19(14-31)41-27)42-28-24(37)22(35)21(34)18(13-30)40-28/h7-8,11-12,16-19,21-28,30-32,34-38H,3-6,9-10,13-15H2,1-2H3,(H,29,33)/b8-7+,12-11+. The van der Waals surface area contributed by atoms with Gasteiger partial charge in [0.2, 0.25) is 5.91 Å². The molecule has 0 saturated carbocycles. The van der Waals surface area contributed by atoms with Crippen molar-refractivity contribution < 1.29 is 64.6 Å². The fourth-order valence-electron chi connectivity index (χ4n) is 4.55. The highest BCUT2D eigenvalue weighted by Crippen LogP contribution is 2.29. The van der Waals surface area contributed by atoms with E-state index in [2.05, 4.69) is 24.4 Å². The number of carbonyl (C=O) groups excluding carboxylic acids is 1. The van der Waals surface area contributed by atoms with E-state index in [1.165, 1.54) is 6.08 Å². The first kappa shape index (κ1) is 36.7. The van der Waals surface area contributed by atoms with Gasteiger partial charge in [0.05, 0.1) is 32.0 Å². The molecule has 0 radical (unpaired) electrons. The van der Waals surface area contributed by atoms with Crippen molar-refractivity contribution in [2.75, 3.05) is 19.8 Å². The quantitative estimate of drug-likeness (QED) is 0.0643. The molecule has 0 aromatic rings. The molecule has 42 heavy (non-hydrogen) atoms. The van der Waals surface area contributed by atoms with Gasteiger partial charge in [-0.2, -0.15) is 0 Å². The molecule has 0 aromatic carbocycles. The summed E-state index contributed by atoms with van der Waals surface area (Å²) in [6.07, 6.45) is -4.55. The highest BCUT2D eigenvalue weighted by Gasteiger charge is 2.50. The van der Waals surface area contributed by atoms with E-state index in [4.69, 9.17) is 18.9 Å². The van der Waals surface area contributed by atoms with Crippen molar-refractivity contribution in [3.05, 3.63) is 24.3 Å². The van der Waals surface area contributed by atoms with E-state index in [-0.39, 0.29) is 18.9 Å². The molecule has 2 fully saturated rings. The molecule has 0 aromatic heterocycles. The van der Waals surface area contributed by atoms with E-state index < -0.39 is 86.8 Å². The van der Waals surface area contributed by atoms with Crippen molar-refractivity contribution in [1.82, 2.24) is 5.32 Å². The maximum atomic E-state index is 12.1. The number of hydrogen-bond acceptors (Lipinski definition) is 13. The molecule has 2 rings (SSSR count). The van der Waals surface area contributed by atoms with Crippen molar-refractivity contribution in [1.29, 1.82) is 0 Å². The predicted octanol–water partition coefficient (Wildman–Crippen LogP) is -2.03. The number of rotatable bonds is 17. The zero-order chi connectivity index (χ0) is 31.2. The van der Waals surface area contributed by atoms with Crippen LogP contribution < -0.4 is 5.32 Å². The third-order valence-electron chi connectivity index (χ3n) is 7.20. The van der Waals surface area contributed by atoms with E-state index in [0.717, 1.165) is 25.7 Å². The number of carbonyl (C=O) groups is 1. The molecule has 2 aliphatic heterocycles. The maximum absolute atomic E-state index is 12.1. The Morgan fingerprint density at radius 1 is 0.833 bits per heavy atom. The van der Waals surface area contributed by atoms with Crippen LogP contribution in [0.4, 0.5) is 0 Å². The van der Waals surface area contributed by atoms with Gasteiger partial charge in [-0.15, -0.1) is 0 Å². The first-order chi connectivity index (χ1) is 20.1. The van der Waals surface area contributed by atoms with E-state index in [1.54, 1.807) is 13.0 Å². The van der Waals surface area contributed by atoms with E-state index in [1.807, 2.05) is 0 Å². The lowest BCUT2D eigenvalue weighted by molar-refractivity contribution is -0.359. The smallest absolute Gasteiger partial charge is 0.220 e. The van der Waals surface area contributed by atoms with E-state index in [0.29, 0.717) is 6.42 Å². The SMILES string of the molecule is CCCC/C=C/CC/C=C/C(O)C(COC1OC(CO)C(OC2OC(CO)C(O)C(O)C2O)C(O)C1O)NC(=O)CC. The van der Waals surface area contributed by atoms with Crippen LogP contribution in [0, 0.1) is 0 Å². The molecule has 0 spiro atoms. The van der Waals surface area contributed by atoms with Crippen molar-refractivity contribution in [3.8, 4) is 0 Å². The highest BCUT2D eigenvalue weighted by molar-refractivity contribution is 5.75. The Balaban J connectivity index is 2.01. The van der Waals surface area contributed by atoms with Crippen LogP contribution in [0.3, 0.4) is 0 Å². The number of aliphatic hydroxyl groups is 8. The van der Waals surface area contributed by atoms with Crippen molar-refractivity contribution in [2.24, 2.45) is 0 Å². The molecule has 2 heterocycles. The van der Waals surface area contributed by atoms with Gasteiger partial charge < -0.3 is 65.1 Å². The molecule has 12 atom stereocenters. The normalized spacial score (nSPS) is 35.5. The average Bonchev–Trinajstić information content (AvgIpc) is 2.99. The molecule has 9 N–H and O–H groups in total. The van der Waals surface area contributed by atoms with Crippen molar-refractivity contribution >= 4 is 5.91 Å². The van der Waals surface area contributed by atoms with Gasteiger partial charge in [0, 0.05) is 6.42 Å². The monoisotopic (exact) mass is 607 g/mol. The zero-order valence-corrected chi connectivity index (χ0v) is 24.2. The van der Waals surface area contributed by atoms with Gasteiger partial charge in [-0.1, -0.05) is 51.0 Å². The molecule has 14 heteroatoms. The van der Waals surface area contributed by atoms with Gasteiger partial charge in [0.1, 0.15) is 48.8 Å². The summed E-state index contributed by atoms with van der Waals surface area (Å²) in [6.45, 7) is 2.03. The lowest BCUT2D eigenvalue weighted by Gasteiger charge is -2.46. The molecule has 2 saturated heterocycles. The minimum atomic E-state index is -1.78. The maximum Gasteiger partial charge on any atom is 0.220 e. The largest absolute Gasteiger partial charge is 0.394 e. The van der Waals surface area contributed by atoms with Gasteiger partial charge in [-0.3, -0.25) is 4.79 Å². The number of allylic oxidation sites excluding steroid dienone is 3. The van der Waals surface area contributed by atoms with Crippen LogP contribution in [0.2, 0.25) is 0 Å². The zero-order valence-electron chi connectivity index (χ0n) is 24.2. The Morgan fingerprint density at radius 3 is 2.10 bits per heavy atom. The third-order valence-corrected chi connectivity index (χ3v) is 7.20. The van der Waals surface area contributed by atoms with E-state index >= 15 is 0 Å². The highest BCUT2D eigenvalue weighted by atomic mass is 16.7. The topological polar surface area (TPSA) is 228 Å². The molecule has 244 valence electrons. The second-order valence-electron chi connectivity index (χ2n) is 10.5.